The van der Waals surface area contributed by atoms with Gasteiger partial charge in [0.25, 0.3) is 0 Å². The molecular weight excluding hydrogens is 237 g/mol. The molecule has 0 fully saturated rings. The van der Waals surface area contributed by atoms with Crippen molar-refractivity contribution in [2.75, 3.05) is 12.8 Å². The quantitative estimate of drug-likeness (QED) is 0.903. The highest BCUT2D eigenvalue weighted by Gasteiger charge is 2.06. The van der Waals surface area contributed by atoms with Crippen LogP contribution >= 0.6 is 0 Å². The van der Waals surface area contributed by atoms with Crippen molar-refractivity contribution in [2.24, 2.45) is 0 Å². The van der Waals surface area contributed by atoms with Crippen LogP contribution in [0.4, 0.5) is 10.3 Å². The predicted molar refractivity (Wildman–Crippen MR) is 64.2 cm³/mol. The predicted octanol–water partition coefficient (Wildman–Crippen LogP) is 2.31. The molecule has 1 aromatic heterocycles. The summed E-state index contributed by atoms with van der Waals surface area (Å²) < 4.78 is 23.5. The van der Waals surface area contributed by atoms with E-state index in [9.17, 15) is 4.39 Å². The molecule has 94 valence electrons. The molecule has 6 heteroatoms. The summed E-state index contributed by atoms with van der Waals surface area (Å²) in [5.41, 5.74) is 5.99. The first-order valence-electron chi connectivity index (χ1n) is 5.21. The van der Waals surface area contributed by atoms with E-state index in [1.54, 1.807) is 13.0 Å². The van der Waals surface area contributed by atoms with E-state index in [-0.39, 0.29) is 17.6 Å². The minimum Gasteiger partial charge on any atom is -0.481 e. The highest BCUT2D eigenvalue weighted by atomic mass is 19.1. The zero-order chi connectivity index (χ0) is 13.1. The molecule has 0 amide bonds. The monoisotopic (exact) mass is 249 g/mol. The number of rotatable bonds is 3. The summed E-state index contributed by atoms with van der Waals surface area (Å²) in [6.45, 7) is 1.65. The SMILES string of the molecule is COc1cc(Oc2ccc(F)c(C)c2)nc(N)n1. The van der Waals surface area contributed by atoms with Crippen LogP contribution < -0.4 is 15.2 Å². The summed E-state index contributed by atoms with van der Waals surface area (Å²) in [7, 11) is 1.47. The Morgan fingerprint density at radius 2 is 1.89 bits per heavy atom. The van der Waals surface area contributed by atoms with Crippen molar-refractivity contribution in [1.29, 1.82) is 0 Å². The number of hydrogen-bond donors (Lipinski definition) is 1. The van der Waals surface area contributed by atoms with Gasteiger partial charge in [-0.2, -0.15) is 9.97 Å². The number of nitrogens with two attached hydrogens (primary N) is 1. The number of ether oxygens (including phenoxy) is 2. The Bertz CT molecular complexity index is 575. The number of methoxy groups -OCH3 is 1. The van der Waals surface area contributed by atoms with E-state index in [0.29, 0.717) is 17.2 Å². The molecule has 0 spiro atoms. The average Bonchev–Trinajstić information content (AvgIpc) is 2.33. The molecule has 0 radical (unpaired) electrons. The molecule has 5 nitrogen and oxygen atoms in total. The van der Waals surface area contributed by atoms with E-state index >= 15 is 0 Å². The van der Waals surface area contributed by atoms with Crippen LogP contribution in [0.2, 0.25) is 0 Å². The van der Waals surface area contributed by atoms with E-state index in [0.717, 1.165) is 0 Å². The zero-order valence-electron chi connectivity index (χ0n) is 9.98. The number of aromatic nitrogens is 2. The molecular formula is C12H12FN3O2. The van der Waals surface area contributed by atoms with E-state index < -0.39 is 0 Å². The molecule has 0 unspecified atom stereocenters. The third kappa shape index (κ3) is 2.65. The molecule has 0 saturated carbocycles. The fourth-order valence-corrected chi connectivity index (χ4v) is 1.38. The third-order valence-corrected chi connectivity index (χ3v) is 2.26. The Morgan fingerprint density at radius 3 is 2.56 bits per heavy atom. The molecule has 0 aliphatic heterocycles. The van der Waals surface area contributed by atoms with Gasteiger partial charge in [0.2, 0.25) is 17.7 Å². The summed E-state index contributed by atoms with van der Waals surface area (Å²) >= 11 is 0. The second-order valence-electron chi connectivity index (χ2n) is 3.62. The Morgan fingerprint density at radius 1 is 1.17 bits per heavy atom. The van der Waals surface area contributed by atoms with Gasteiger partial charge >= 0.3 is 0 Å². The second kappa shape index (κ2) is 4.87. The first-order valence-corrected chi connectivity index (χ1v) is 5.21. The molecule has 0 atom stereocenters. The highest BCUT2D eigenvalue weighted by Crippen LogP contribution is 2.24. The molecule has 1 aromatic carbocycles. The summed E-state index contributed by atoms with van der Waals surface area (Å²) in [5.74, 6) is 0.765. The smallest absolute Gasteiger partial charge is 0.227 e. The molecule has 0 saturated heterocycles. The molecule has 0 aliphatic carbocycles. The van der Waals surface area contributed by atoms with Crippen LogP contribution in [-0.4, -0.2) is 17.1 Å². The Kier molecular flexibility index (Phi) is 3.27. The molecule has 2 rings (SSSR count). The van der Waals surface area contributed by atoms with E-state index in [1.165, 1.54) is 25.3 Å². The average molecular weight is 249 g/mol. The van der Waals surface area contributed by atoms with Crippen molar-refractivity contribution in [1.82, 2.24) is 9.97 Å². The van der Waals surface area contributed by atoms with Gasteiger partial charge in [-0.3, -0.25) is 0 Å². The van der Waals surface area contributed by atoms with Gasteiger partial charge in [0.05, 0.1) is 13.2 Å². The molecule has 1 heterocycles. The molecule has 0 bridgehead atoms. The Hall–Kier alpha value is -2.37. The van der Waals surface area contributed by atoms with Gasteiger partial charge in [-0.15, -0.1) is 0 Å². The van der Waals surface area contributed by atoms with Gasteiger partial charge < -0.3 is 15.2 Å². The highest BCUT2D eigenvalue weighted by molar-refractivity contribution is 5.35. The summed E-state index contributed by atoms with van der Waals surface area (Å²) in [6, 6.07) is 5.90. The van der Waals surface area contributed by atoms with Crippen molar-refractivity contribution in [2.45, 2.75) is 6.92 Å². The minimum absolute atomic E-state index is 0.0446. The number of nitrogens with zero attached hydrogens (tertiary/aromatic N) is 2. The second-order valence-corrected chi connectivity index (χ2v) is 3.62. The number of aryl methyl sites for hydroxylation is 1. The maximum absolute atomic E-state index is 13.1. The van der Waals surface area contributed by atoms with Gasteiger partial charge in [-0.25, -0.2) is 4.39 Å². The van der Waals surface area contributed by atoms with Crippen LogP contribution in [0.5, 0.6) is 17.5 Å². The van der Waals surface area contributed by atoms with Gasteiger partial charge in [-0.05, 0) is 30.7 Å². The number of anilines is 1. The van der Waals surface area contributed by atoms with Crippen molar-refractivity contribution in [3.63, 3.8) is 0 Å². The van der Waals surface area contributed by atoms with Gasteiger partial charge in [0.1, 0.15) is 11.6 Å². The maximum Gasteiger partial charge on any atom is 0.227 e. The van der Waals surface area contributed by atoms with E-state index in [2.05, 4.69) is 9.97 Å². The summed E-state index contributed by atoms with van der Waals surface area (Å²) in [5, 5.41) is 0. The molecule has 2 aromatic rings. The lowest BCUT2D eigenvalue weighted by Crippen LogP contribution is -1.99. The van der Waals surface area contributed by atoms with Crippen LogP contribution in [0.25, 0.3) is 0 Å². The van der Waals surface area contributed by atoms with Gasteiger partial charge in [0, 0.05) is 0 Å². The van der Waals surface area contributed by atoms with Gasteiger partial charge in [0.15, 0.2) is 0 Å². The minimum atomic E-state index is -0.290. The standard InChI is InChI=1S/C12H12FN3O2/c1-7-5-8(3-4-9(7)13)18-11-6-10(17-2)15-12(14)16-11/h3-6H,1-2H3,(H2,14,15,16). The largest absolute Gasteiger partial charge is 0.481 e. The van der Waals surface area contributed by atoms with Crippen LogP contribution in [0, 0.1) is 12.7 Å². The van der Waals surface area contributed by atoms with Crippen molar-refractivity contribution < 1.29 is 13.9 Å². The maximum atomic E-state index is 13.1. The lowest BCUT2D eigenvalue weighted by molar-refractivity contribution is 0.389. The van der Waals surface area contributed by atoms with E-state index in [4.69, 9.17) is 15.2 Å². The topological polar surface area (TPSA) is 70.3 Å². The first-order chi connectivity index (χ1) is 8.58. The van der Waals surface area contributed by atoms with Crippen molar-refractivity contribution in [3.8, 4) is 17.5 Å². The lowest BCUT2D eigenvalue weighted by atomic mass is 10.2. The summed E-state index contributed by atoms with van der Waals surface area (Å²) in [6.07, 6.45) is 0. The Balaban J connectivity index is 2.27. The lowest BCUT2D eigenvalue weighted by Gasteiger charge is -2.07. The molecule has 2 N–H and O–H groups in total. The van der Waals surface area contributed by atoms with Gasteiger partial charge in [-0.1, -0.05) is 0 Å². The number of hydrogen-bond acceptors (Lipinski definition) is 5. The van der Waals surface area contributed by atoms with Crippen LogP contribution in [0.15, 0.2) is 24.3 Å². The molecule has 0 aliphatic rings. The fourth-order valence-electron chi connectivity index (χ4n) is 1.38. The van der Waals surface area contributed by atoms with Crippen molar-refractivity contribution in [3.05, 3.63) is 35.6 Å². The number of benzene rings is 1. The summed E-state index contributed by atoms with van der Waals surface area (Å²) in [4.78, 5) is 7.73. The number of halogens is 1. The van der Waals surface area contributed by atoms with Crippen LogP contribution in [0.3, 0.4) is 0 Å². The zero-order valence-corrected chi connectivity index (χ0v) is 9.98. The van der Waals surface area contributed by atoms with Crippen LogP contribution in [0.1, 0.15) is 5.56 Å². The van der Waals surface area contributed by atoms with Crippen LogP contribution in [-0.2, 0) is 0 Å². The fraction of sp³-hybridized carbons (Fsp3) is 0.167. The molecule has 18 heavy (non-hydrogen) atoms. The normalized spacial score (nSPS) is 10.2. The van der Waals surface area contributed by atoms with Crippen molar-refractivity contribution >= 4 is 5.95 Å². The third-order valence-electron chi connectivity index (χ3n) is 2.26. The van der Waals surface area contributed by atoms with E-state index in [1.807, 2.05) is 0 Å². The number of nitrogen functional groups attached to an aromatic ring is 1. The first kappa shape index (κ1) is 12.1. The Labute approximate surface area is 103 Å².